The second kappa shape index (κ2) is 11.3. The van der Waals surface area contributed by atoms with E-state index >= 15 is 0 Å². The predicted molar refractivity (Wildman–Crippen MR) is 214 cm³/mol. The fraction of sp³-hybridized carbons (Fsp3) is 0.0612. The Balaban J connectivity index is 1.10. The van der Waals surface area contributed by atoms with E-state index in [2.05, 4.69) is 159 Å². The largest absolute Gasteiger partial charge is 0.228 e. The Bertz CT molecular complexity index is 2760. The summed E-state index contributed by atoms with van der Waals surface area (Å²) in [4.78, 5) is 10.1. The number of nitrogens with zero attached hydrogens (tertiary/aromatic N) is 2. The van der Waals surface area contributed by atoms with Gasteiger partial charge in [-0.1, -0.05) is 166 Å². The molecule has 0 N–H and O–H groups in total. The van der Waals surface area contributed by atoms with Gasteiger partial charge in [0.05, 0.1) is 11.4 Å². The monoisotopic (exact) mass is 650 g/mol. The van der Waals surface area contributed by atoms with Gasteiger partial charge in [-0.25, -0.2) is 9.97 Å². The standard InChI is InChI=1S/C49H34N2/c1-49(2)46-37-26-24-34(28-35(37)25-27-42(46)45-40-22-11-9-20-38(40)39-21-10-12-23-41(39)47(45)49)33-18-13-19-36(29-33)44-30-43(31-14-5-3-6-15-31)50-48(51-44)32-16-7-4-8-17-32/h3-30H,1-2H3. The SMILES string of the molecule is CC1(C)c2c(ccc3cc(-c4cccc(-c5cc(-c6ccccc6)nc(-c6ccccc6)n5)c4)ccc23)-c2c1c1ccccc1c1ccccc21. The highest BCUT2D eigenvalue weighted by atomic mass is 14.9. The number of hydrogen-bond acceptors (Lipinski definition) is 2. The molecule has 8 aromatic carbocycles. The molecule has 0 radical (unpaired) electrons. The van der Waals surface area contributed by atoms with Gasteiger partial charge in [0, 0.05) is 22.1 Å². The summed E-state index contributed by atoms with van der Waals surface area (Å²) >= 11 is 0. The average molecular weight is 651 g/mol. The van der Waals surface area contributed by atoms with Crippen LogP contribution in [0.15, 0.2) is 170 Å². The van der Waals surface area contributed by atoms with Crippen LogP contribution in [0.3, 0.4) is 0 Å². The Labute approximate surface area is 297 Å². The van der Waals surface area contributed by atoms with E-state index in [-0.39, 0.29) is 5.41 Å². The summed E-state index contributed by atoms with van der Waals surface area (Å²) in [6, 6.07) is 61.0. The summed E-state index contributed by atoms with van der Waals surface area (Å²) in [5.74, 6) is 0.723. The lowest BCUT2D eigenvalue weighted by Gasteiger charge is -2.25. The van der Waals surface area contributed by atoms with E-state index in [9.17, 15) is 0 Å². The van der Waals surface area contributed by atoms with Crippen molar-refractivity contribution < 1.29 is 0 Å². The Kier molecular flexibility index (Phi) is 6.56. The molecule has 2 heteroatoms. The van der Waals surface area contributed by atoms with E-state index < -0.39 is 0 Å². The zero-order chi connectivity index (χ0) is 34.1. The normalized spacial score (nSPS) is 13.1. The van der Waals surface area contributed by atoms with Crippen molar-refractivity contribution in [2.45, 2.75) is 19.3 Å². The summed E-state index contributed by atoms with van der Waals surface area (Å²) < 4.78 is 0. The van der Waals surface area contributed by atoms with Crippen LogP contribution in [0.5, 0.6) is 0 Å². The van der Waals surface area contributed by atoms with E-state index in [0.717, 1.165) is 39.5 Å². The van der Waals surface area contributed by atoms with E-state index in [1.54, 1.807) is 0 Å². The minimum Gasteiger partial charge on any atom is -0.228 e. The Hall–Kier alpha value is -6.38. The van der Waals surface area contributed by atoms with Crippen LogP contribution in [0.1, 0.15) is 25.0 Å². The molecule has 1 aromatic heterocycles. The van der Waals surface area contributed by atoms with E-state index in [0.29, 0.717) is 0 Å². The van der Waals surface area contributed by atoms with Gasteiger partial charge in [-0.15, -0.1) is 0 Å². The smallest absolute Gasteiger partial charge is 0.160 e. The second-order valence-corrected chi connectivity index (χ2v) is 14.2. The molecule has 0 amide bonds. The molecular weight excluding hydrogens is 617 g/mol. The zero-order valence-corrected chi connectivity index (χ0v) is 28.6. The molecule has 0 unspecified atom stereocenters. The first-order valence-electron chi connectivity index (χ1n) is 17.7. The lowest BCUT2D eigenvalue weighted by Crippen LogP contribution is -2.16. The van der Waals surface area contributed by atoms with Crippen LogP contribution in [-0.2, 0) is 5.41 Å². The minimum absolute atomic E-state index is 0.158. The molecule has 0 atom stereocenters. The summed E-state index contributed by atoms with van der Waals surface area (Å²) in [5, 5.41) is 7.91. The maximum Gasteiger partial charge on any atom is 0.160 e. The molecule has 1 aliphatic rings. The van der Waals surface area contributed by atoms with E-state index in [4.69, 9.17) is 9.97 Å². The predicted octanol–water partition coefficient (Wildman–Crippen LogP) is 12.9. The van der Waals surface area contributed by atoms with Crippen LogP contribution in [0.2, 0.25) is 0 Å². The molecule has 2 nitrogen and oxygen atoms in total. The number of hydrogen-bond donors (Lipinski definition) is 0. The molecule has 0 saturated carbocycles. The van der Waals surface area contributed by atoms with Gasteiger partial charge in [0.15, 0.2) is 5.82 Å². The fourth-order valence-electron chi connectivity index (χ4n) is 8.51. The van der Waals surface area contributed by atoms with Gasteiger partial charge in [-0.05, 0) is 83.9 Å². The van der Waals surface area contributed by atoms with Gasteiger partial charge >= 0.3 is 0 Å². The van der Waals surface area contributed by atoms with Gasteiger partial charge < -0.3 is 0 Å². The van der Waals surface area contributed by atoms with E-state index in [1.165, 1.54) is 60.1 Å². The minimum atomic E-state index is -0.158. The first kappa shape index (κ1) is 29.5. The van der Waals surface area contributed by atoms with Crippen molar-refractivity contribution in [1.82, 2.24) is 9.97 Å². The van der Waals surface area contributed by atoms with Crippen LogP contribution >= 0.6 is 0 Å². The first-order valence-corrected chi connectivity index (χ1v) is 17.7. The van der Waals surface area contributed by atoms with Crippen LogP contribution in [0, 0.1) is 0 Å². The van der Waals surface area contributed by atoms with Crippen molar-refractivity contribution in [1.29, 1.82) is 0 Å². The summed E-state index contributed by atoms with van der Waals surface area (Å²) in [5.41, 5.74) is 12.7. The topological polar surface area (TPSA) is 25.8 Å². The molecule has 0 aliphatic heterocycles. The molecular formula is C49H34N2. The molecule has 1 aliphatic carbocycles. The number of fused-ring (bicyclic) bond motifs is 10. The Morgan fingerprint density at radius 2 is 0.941 bits per heavy atom. The highest BCUT2D eigenvalue weighted by Gasteiger charge is 2.39. The van der Waals surface area contributed by atoms with Crippen molar-refractivity contribution in [3.8, 4) is 56.2 Å². The molecule has 0 fully saturated rings. The summed E-state index contributed by atoms with van der Waals surface area (Å²) in [6.45, 7) is 4.82. The van der Waals surface area contributed by atoms with Gasteiger partial charge in [0.1, 0.15) is 0 Å². The highest BCUT2D eigenvalue weighted by molar-refractivity contribution is 6.19. The quantitative estimate of drug-likeness (QED) is 0.177. The molecule has 10 rings (SSSR count). The third kappa shape index (κ3) is 4.64. The van der Waals surface area contributed by atoms with E-state index in [1.807, 2.05) is 24.3 Å². The Morgan fingerprint density at radius 3 is 1.69 bits per heavy atom. The number of aromatic nitrogens is 2. The van der Waals surface area contributed by atoms with Gasteiger partial charge in [-0.3, -0.25) is 0 Å². The van der Waals surface area contributed by atoms with Crippen molar-refractivity contribution in [3.63, 3.8) is 0 Å². The van der Waals surface area contributed by atoms with Crippen molar-refractivity contribution in [2.24, 2.45) is 0 Å². The van der Waals surface area contributed by atoms with Crippen LogP contribution in [0.25, 0.3) is 88.5 Å². The third-order valence-electron chi connectivity index (χ3n) is 10.8. The van der Waals surface area contributed by atoms with Crippen LogP contribution in [0.4, 0.5) is 0 Å². The maximum atomic E-state index is 5.09. The summed E-state index contributed by atoms with van der Waals surface area (Å²) in [6.07, 6.45) is 0. The van der Waals surface area contributed by atoms with Crippen molar-refractivity contribution in [3.05, 3.63) is 181 Å². The van der Waals surface area contributed by atoms with Crippen molar-refractivity contribution in [2.75, 3.05) is 0 Å². The Morgan fingerprint density at radius 1 is 0.373 bits per heavy atom. The van der Waals surface area contributed by atoms with Crippen LogP contribution in [-0.4, -0.2) is 9.97 Å². The van der Waals surface area contributed by atoms with Gasteiger partial charge in [0.2, 0.25) is 0 Å². The summed E-state index contributed by atoms with van der Waals surface area (Å²) in [7, 11) is 0. The van der Waals surface area contributed by atoms with Crippen molar-refractivity contribution >= 4 is 32.3 Å². The maximum absolute atomic E-state index is 5.09. The molecule has 0 spiro atoms. The third-order valence-corrected chi connectivity index (χ3v) is 10.8. The number of benzene rings is 8. The molecule has 9 aromatic rings. The van der Waals surface area contributed by atoms with Gasteiger partial charge in [-0.2, -0.15) is 0 Å². The highest BCUT2D eigenvalue weighted by Crippen LogP contribution is 2.56. The number of rotatable bonds is 4. The molecule has 1 heterocycles. The fourth-order valence-corrected chi connectivity index (χ4v) is 8.51. The molecule has 0 bridgehead atoms. The average Bonchev–Trinajstić information content (AvgIpc) is 3.45. The van der Waals surface area contributed by atoms with Gasteiger partial charge in [0.25, 0.3) is 0 Å². The lowest BCUT2D eigenvalue weighted by atomic mass is 9.77. The van der Waals surface area contributed by atoms with Crippen LogP contribution < -0.4 is 0 Å². The molecule has 240 valence electrons. The lowest BCUT2D eigenvalue weighted by molar-refractivity contribution is 0.672. The molecule has 51 heavy (non-hydrogen) atoms. The second-order valence-electron chi connectivity index (χ2n) is 14.2. The molecule has 0 saturated heterocycles. The zero-order valence-electron chi connectivity index (χ0n) is 28.6. The first-order chi connectivity index (χ1) is 25.0.